The first-order valence-electron chi connectivity index (χ1n) is 7.51. The zero-order valence-electron chi connectivity index (χ0n) is 12.4. The van der Waals surface area contributed by atoms with Gasteiger partial charge >= 0.3 is 0 Å². The molecule has 2 heterocycles. The Balaban J connectivity index is 1.54. The van der Waals surface area contributed by atoms with E-state index in [0.29, 0.717) is 6.04 Å². The van der Waals surface area contributed by atoms with Crippen molar-refractivity contribution < 1.29 is 4.74 Å². The summed E-state index contributed by atoms with van der Waals surface area (Å²) >= 11 is 1.81. The summed E-state index contributed by atoms with van der Waals surface area (Å²) in [5.74, 6) is 0. The van der Waals surface area contributed by atoms with Crippen LogP contribution in [-0.2, 0) is 11.3 Å². The van der Waals surface area contributed by atoms with Gasteiger partial charge in [0.2, 0.25) is 0 Å². The molecule has 0 aliphatic carbocycles. The Hall–Kier alpha value is -1.36. The summed E-state index contributed by atoms with van der Waals surface area (Å²) in [6.07, 6.45) is 0. The second-order valence-electron chi connectivity index (χ2n) is 5.38. The second kappa shape index (κ2) is 7.07. The number of benzene rings is 1. The molecule has 112 valence electrons. The van der Waals surface area contributed by atoms with Crippen LogP contribution < -0.4 is 10.2 Å². The lowest BCUT2D eigenvalue weighted by Gasteiger charge is -2.29. The number of hydrogen-bond acceptors (Lipinski definition) is 4. The SMILES string of the molecule is C[C@@H](NCc1ccc(N2CCOCC2)cc1)c1cccs1. The summed E-state index contributed by atoms with van der Waals surface area (Å²) in [5, 5.41) is 5.71. The minimum Gasteiger partial charge on any atom is -0.378 e. The minimum absolute atomic E-state index is 0.406. The molecule has 1 atom stereocenters. The molecule has 1 fully saturated rings. The smallest absolute Gasteiger partial charge is 0.0642 e. The number of nitrogens with zero attached hydrogens (tertiary/aromatic N) is 1. The van der Waals surface area contributed by atoms with Crippen LogP contribution >= 0.6 is 11.3 Å². The molecule has 0 bridgehead atoms. The van der Waals surface area contributed by atoms with Crippen LogP contribution in [0, 0.1) is 0 Å². The molecule has 1 aliphatic rings. The molecule has 3 rings (SSSR count). The van der Waals surface area contributed by atoms with Crippen LogP contribution in [0.4, 0.5) is 5.69 Å². The predicted molar refractivity (Wildman–Crippen MR) is 89.0 cm³/mol. The number of hydrogen-bond donors (Lipinski definition) is 1. The maximum Gasteiger partial charge on any atom is 0.0642 e. The molecule has 21 heavy (non-hydrogen) atoms. The highest BCUT2D eigenvalue weighted by atomic mass is 32.1. The second-order valence-corrected chi connectivity index (χ2v) is 6.36. The summed E-state index contributed by atoms with van der Waals surface area (Å²) in [4.78, 5) is 3.77. The van der Waals surface area contributed by atoms with Gasteiger partial charge < -0.3 is 15.0 Å². The quantitative estimate of drug-likeness (QED) is 0.916. The molecule has 3 nitrogen and oxygen atoms in total. The van der Waals surface area contributed by atoms with E-state index in [2.05, 4.69) is 58.9 Å². The Morgan fingerprint density at radius 3 is 2.62 bits per heavy atom. The van der Waals surface area contributed by atoms with Crippen LogP contribution in [0.3, 0.4) is 0 Å². The first-order valence-corrected chi connectivity index (χ1v) is 8.39. The maximum atomic E-state index is 5.39. The van der Waals surface area contributed by atoms with Crippen molar-refractivity contribution in [3.63, 3.8) is 0 Å². The van der Waals surface area contributed by atoms with Crippen LogP contribution in [0.1, 0.15) is 23.4 Å². The third-order valence-electron chi connectivity index (χ3n) is 3.89. The monoisotopic (exact) mass is 302 g/mol. The van der Waals surface area contributed by atoms with Crippen molar-refractivity contribution in [3.05, 3.63) is 52.2 Å². The molecule has 1 N–H and O–H groups in total. The van der Waals surface area contributed by atoms with Gasteiger partial charge in [0.25, 0.3) is 0 Å². The van der Waals surface area contributed by atoms with Crippen molar-refractivity contribution in [2.75, 3.05) is 31.2 Å². The summed E-state index contributed by atoms with van der Waals surface area (Å²) in [7, 11) is 0. The molecule has 1 aliphatic heterocycles. The van der Waals surface area contributed by atoms with Crippen molar-refractivity contribution in [3.8, 4) is 0 Å². The zero-order chi connectivity index (χ0) is 14.5. The molecule has 0 radical (unpaired) electrons. The van der Waals surface area contributed by atoms with Gasteiger partial charge in [0, 0.05) is 36.2 Å². The lowest BCUT2D eigenvalue weighted by molar-refractivity contribution is 0.122. The number of rotatable bonds is 5. The molecule has 0 saturated carbocycles. The van der Waals surface area contributed by atoms with E-state index in [9.17, 15) is 0 Å². The Kier molecular flexibility index (Phi) is 4.91. The van der Waals surface area contributed by atoms with Crippen LogP contribution in [0.2, 0.25) is 0 Å². The number of nitrogens with one attached hydrogen (secondary N) is 1. The Labute approximate surface area is 130 Å². The van der Waals surface area contributed by atoms with Crippen LogP contribution in [-0.4, -0.2) is 26.3 Å². The highest BCUT2D eigenvalue weighted by Crippen LogP contribution is 2.20. The number of morpholine rings is 1. The highest BCUT2D eigenvalue weighted by Gasteiger charge is 2.11. The molecular weight excluding hydrogens is 280 g/mol. The summed E-state index contributed by atoms with van der Waals surface area (Å²) < 4.78 is 5.39. The van der Waals surface area contributed by atoms with Crippen molar-refractivity contribution in [2.24, 2.45) is 0 Å². The minimum atomic E-state index is 0.406. The largest absolute Gasteiger partial charge is 0.378 e. The fourth-order valence-corrected chi connectivity index (χ4v) is 3.31. The summed E-state index contributed by atoms with van der Waals surface area (Å²) in [5.41, 5.74) is 2.63. The van der Waals surface area contributed by atoms with Crippen molar-refractivity contribution in [1.29, 1.82) is 0 Å². The third kappa shape index (κ3) is 3.84. The van der Waals surface area contributed by atoms with E-state index in [-0.39, 0.29) is 0 Å². The third-order valence-corrected chi connectivity index (χ3v) is 4.95. The summed E-state index contributed by atoms with van der Waals surface area (Å²) in [6.45, 7) is 6.78. The molecule has 1 saturated heterocycles. The van der Waals surface area contributed by atoms with E-state index in [1.807, 2.05) is 0 Å². The molecule has 1 aromatic carbocycles. The van der Waals surface area contributed by atoms with Gasteiger partial charge in [0.1, 0.15) is 0 Å². The van der Waals surface area contributed by atoms with Gasteiger partial charge in [-0.25, -0.2) is 0 Å². The van der Waals surface area contributed by atoms with Gasteiger partial charge in [-0.3, -0.25) is 0 Å². The topological polar surface area (TPSA) is 24.5 Å². The van der Waals surface area contributed by atoms with Gasteiger partial charge in [0.15, 0.2) is 0 Å². The highest BCUT2D eigenvalue weighted by molar-refractivity contribution is 7.10. The fourth-order valence-electron chi connectivity index (χ4n) is 2.56. The standard InChI is InChI=1S/C17H22N2OS/c1-14(17-3-2-12-21-17)18-13-15-4-6-16(7-5-15)19-8-10-20-11-9-19/h2-7,12,14,18H,8-11,13H2,1H3/t14-/m1/s1. The molecule has 0 amide bonds. The van der Waals surface area contributed by atoms with Crippen LogP contribution in [0.15, 0.2) is 41.8 Å². The number of thiophene rings is 1. The van der Waals surface area contributed by atoms with E-state index in [4.69, 9.17) is 4.74 Å². The van der Waals surface area contributed by atoms with Gasteiger partial charge in [-0.15, -0.1) is 11.3 Å². The number of ether oxygens (including phenoxy) is 1. The Bertz CT molecular complexity index is 532. The first-order chi connectivity index (χ1) is 10.3. The van der Waals surface area contributed by atoms with E-state index in [1.54, 1.807) is 11.3 Å². The van der Waals surface area contributed by atoms with Crippen LogP contribution in [0.25, 0.3) is 0 Å². The molecule has 0 spiro atoms. The van der Waals surface area contributed by atoms with Gasteiger partial charge in [-0.05, 0) is 36.1 Å². The molecule has 0 unspecified atom stereocenters. The molecule has 4 heteroatoms. The Morgan fingerprint density at radius 2 is 1.95 bits per heavy atom. The van der Waals surface area contributed by atoms with Gasteiger partial charge in [-0.2, -0.15) is 0 Å². The average molecular weight is 302 g/mol. The van der Waals surface area contributed by atoms with E-state index >= 15 is 0 Å². The maximum absolute atomic E-state index is 5.39. The van der Waals surface area contributed by atoms with Crippen molar-refractivity contribution in [1.82, 2.24) is 5.32 Å². The first kappa shape index (κ1) is 14.6. The number of anilines is 1. The summed E-state index contributed by atoms with van der Waals surface area (Å²) in [6, 6.07) is 13.6. The van der Waals surface area contributed by atoms with Gasteiger partial charge in [0.05, 0.1) is 13.2 Å². The normalized spacial score (nSPS) is 16.9. The lowest BCUT2D eigenvalue weighted by Crippen LogP contribution is -2.36. The molecule has 1 aromatic heterocycles. The molecule has 2 aromatic rings. The fraction of sp³-hybridized carbons (Fsp3) is 0.412. The predicted octanol–water partition coefficient (Wildman–Crippen LogP) is 3.44. The molecular formula is C17H22N2OS. The zero-order valence-corrected chi connectivity index (χ0v) is 13.2. The van der Waals surface area contributed by atoms with Crippen molar-refractivity contribution >= 4 is 17.0 Å². The van der Waals surface area contributed by atoms with E-state index < -0.39 is 0 Å². The lowest BCUT2D eigenvalue weighted by atomic mass is 10.1. The van der Waals surface area contributed by atoms with Crippen LogP contribution in [0.5, 0.6) is 0 Å². The Morgan fingerprint density at radius 1 is 1.19 bits per heavy atom. The van der Waals surface area contributed by atoms with Crippen molar-refractivity contribution in [2.45, 2.75) is 19.5 Å². The van der Waals surface area contributed by atoms with E-state index in [1.165, 1.54) is 16.1 Å². The van der Waals surface area contributed by atoms with Gasteiger partial charge in [-0.1, -0.05) is 18.2 Å². The average Bonchev–Trinajstić information content (AvgIpc) is 3.08. The van der Waals surface area contributed by atoms with E-state index in [0.717, 1.165) is 32.8 Å².